The number of aliphatic hydroxyl groups is 1. The van der Waals surface area contributed by atoms with Gasteiger partial charge in [0, 0.05) is 13.0 Å². The van der Waals surface area contributed by atoms with Crippen molar-refractivity contribution in [2.45, 2.75) is 31.9 Å². The van der Waals surface area contributed by atoms with Crippen LogP contribution in [0, 0.1) is 0 Å². The molecule has 1 aliphatic rings. The van der Waals surface area contributed by atoms with Crippen LogP contribution < -0.4 is 5.32 Å². The first kappa shape index (κ1) is 23.0. The molecule has 10 nitrogen and oxygen atoms in total. The van der Waals surface area contributed by atoms with Crippen molar-refractivity contribution in [1.29, 1.82) is 0 Å². The van der Waals surface area contributed by atoms with Crippen molar-refractivity contribution in [2.24, 2.45) is 0 Å². The number of esters is 1. The van der Waals surface area contributed by atoms with Crippen molar-refractivity contribution in [3.63, 3.8) is 0 Å². The number of hydrogen-bond acceptors (Lipinski definition) is 8. The molecule has 176 valence electrons. The first-order valence-electron chi connectivity index (χ1n) is 10.6. The van der Waals surface area contributed by atoms with E-state index in [1.54, 1.807) is 0 Å². The van der Waals surface area contributed by atoms with Gasteiger partial charge in [0.15, 0.2) is 5.76 Å². The zero-order chi connectivity index (χ0) is 24.0. The molecule has 0 aliphatic carbocycles. The van der Waals surface area contributed by atoms with Gasteiger partial charge in [-0.3, -0.25) is 9.48 Å². The van der Waals surface area contributed by atoms with Crippen LogP contribution in [-0.4, -0.2) is 44.6 Å². The van der Waals surface area contributed by atoms with E-state index in [-0.39, 0.29) is 43.5 Å². The molecule has 0 radical (unpaired) electrons. The monoisotopic (exact) mass is 464 g/mol. The zero-order valence-electron chi connectivity index (χ0n) is 18.5. The number of rotatable bonds is 10. The van der Waals surface area contributed by atoms with Gasteiger partial charge in [-0.25, -0.2) is 9.78 Å². The second-order valence-electron chi connectivity index (χ2n) is 7.59. The lowest BCUT2D eigenvalue weighted by Crippen LogP contribution is -2.45. The predicted octanol–water partition coefficient (Wildman–Crippen LogP) is 1.92. The summed E-state index contributed by atoms with van der Waals surface area (Å²) >= 11 is 0. The lowest BCUT2D eigenvalue weighted by Gasteiger charge is -2.25. The van der Waals surface area contributed by atoms with Crippen molar-refractivity contribution in [3.8, 4) is 0 Å². The van der Waals surface area contributed by atoms with Gasteiger partial charge in [0.05, 0.1) is 7.11 Å². The van der Waals surface area contributed by atoms with Crippen LogP contribution in [0.3, 0.4) is 0 Å². The van der Waals surface area contributed by atoms with Crippen LogP contribution in [0.1, 0.15) is 28.2 Å². The van der Waals surface area contributed by atoms with Crippen LogP contribution in [0.15, 0.2) is 78.5 Å². The number of aromatic nitrogens is 3. The van der Waals surface area contributed by atoms with Gasteiger partial charge >= 0.3 is 5.97 Å². The van der Waals surface area contributed by atoms with Gasteiger partial charge in [0.2, 0.25) is 11.5 Å². The average molecular weight is 464 g/mol. The minimum absolute atomic E-state index is 0.00871. The molecule has 1 unspecified atom stereocenters. The first-order chi connectivity index (χ1) is 16.5. The second kappa shape index (κ2) is 10.2. The fraction of sp³-hybridized carbons (Fsp3) is 0.250. The van der Waals surface area contributed by atoms with E-state index in [4.69, 9.17) is 9.47 Å². The molecule has 0 saturated heterocycles. The number of aryl methyl sites for hydroxylation is 1. The van der Waals surface area contributed by atoms with E-state index in [0.29, 0.717) is 0 Å². The smallest absolute Gasteiger partial charge is 0.377 e. The Bertz CT molecular complexity index is 1180. The lowest BCUT2D eigenvalue weighted by atomic mass is 10.1. The zero-order valence-corrected chi connectivity index (χ0v) is 18.5. The highest BCUT2D eigenvalue weighted by Crippen LogP contribution is 2.32. The van der Waals surface area contributed by atoms with Gasteiger partial charge in [-0.15, -0.1) is 5.10 Å². The average Bonchev–Trinajstić information content (AvgIpc) is 3.43. The third-order valence-electron chi connectivity index (χ3n) is 5.17. The molecular formula is C24H24N4O6. The fourth-order valence-electron chi connectivity index (χ4n) is 3.41. The summed E-state index contributed by atoms with van der Waals surface area (Å²) in [7, 11) is 1.23. The second-order valence-corrected chi connectivity index (χ2v) is 7.59. The number of hydrogen-bond donors (Lipinski definition) is 2. The quantitative estimate of drug-likeness (QED) is 0.436. The number of carbonyl (C=O) groups is 2. The molecule has 0 fully saturated rings. The van der Waals surface area contributed by atoms with Gasteiger partial charge < -0.3 is 24.6 Å². The van der Waals surface area contributed by atoms with Crippen molar-refractivity contribution in [2.75, 3.05) is 7.11 Å². The summed E-state index contributed by atoms with van der Waals surface area (Å²) < 4.78 is 17.7. The lowest BCUT2D eigenvalue weighted by molar-refractivity contribution is -0.124. The van der Waals surface area contributed by atoms with Gasteiger partial charge in [-0.1, -0.05) is 60.7 Å². The maximum Gasteiger partial charge on any atom is 0.377 e. The van der Waals surface area contributed by atoms with Crippen LogP contribution in [-0.2, 0) is 38.8 Å². The highest BCUT2D eigenvalue weighted by molar-refractivity contribution is 5.95. The normalized spacial score (nSPS) is 17.4. The predicted molar refractivity (Wildman–Crippen MR) is 119 cm³/mol. The van der Waals surface area contributed by atoms with Gasteiger partial charge in [-0.2, -0.15) is 0 Å². The van der Waals surface area contributed by atoms with Crippen molar-refractivity contribution >= 4 is 11.9 Å². The van der Waals surface area contributed by atoms with E-state index in [1.807, 2.05) is 60.7 Å². The highest BCUT2D eigenvalue weighted by Gasteiger charge is 2.47. The van der Waals surface area contributed by atoms with Crippen LogP contribution in [0.2, 0.25) is 0 Å². The highest BCUT2D eigenvalue weighted by atomic mass is 16.5. The molecule has 4 rings (SSSR count). The Morgan fingerprint density at radius 3 is 2.26 bits per heavy atom. The Balaban J connectivity index is 1.54. The molecule has 0 spiro atoms. The molecular weight excluding hydrogens is 440 g/mol. The number of methoxy groups -OCH3 is 1. The van der Waals surface area contributed by atoms with Crippen LogP contribution in [0.4, 0.5) is 0 Å². The van der Waals surface area contributed by atoms with E-state index in [9.17, 15) is 14.7 Å². The molecule has 0 saturated carbocycles. The first-order valence-corrected chi connectivity index (χ1v) is 10.6. The number of nitrogens with zero attached hydrogens (tertiary/aromatic N) is 3. The molecule has 2 aromatic carbocycles. The summed E-state index contributed by atoms with van der Waals surface area (Å²) in [6, 6.07) is 18.7. The van der Waals surface area contributed by atoms with Gasteiger partial charge in [0.1, 0.15) is 19.5 Å². The van der Waals surface area contributed by atoms with Gasteiger partial charge in [-0.05, 0) is 11.1 Å². The molecule has 3 aromatic rings. The van der Waals surface area contributed by atoms with Crippen LogP contribution in [0.25, 0.3) is 0 Å². The fourth-order valence-corrected chi connectivity index (χ4v) is 3.41. The molecule has 2 heterocycles. The third-order valence-corrected chi connectivity index (χ3v) is 5.17. The molecule has 1 atom stereocenters. The SMILES string of the molecule is COC(=O)c1ncn(CCC2(O)NC(=O)C(OCc3ccccc3)=C2OCc2ccccc2)n1. The Kier molecular flexibility index (Phi) is 6.88. The molecule has 10 heteroatoms. The Morgan fingerprint density at radius 2 is 1.65 bits per heavy atom. The molecule has 1 aromatic heterocycles. The van der Waals surface area contributed by atoms with Crippen LogP contribution >= 0.6 is 0 Å². The van der Waals surface area contributed by atoms with E-state index < -0.39 is 17.6 Å². The topological polar surface area (TPSA) is 125 Å². The number of benzene rings is 2. The molecule has 1 amide bonds. The van der Waals surface area contributed by atoms with E-state index >= 15 is 0 Å². The summed E-state index contributed by atoms with van der Waals surface area (Å²) in [4.78, 5) is 28.2. The molecule has 1 aliphatic heterocycles. The maximum atomic E-state index is 12.7. The Hall–Kier alpha value is -4.18. The number of nitrogens with one attached hydrogen (secondary N) is 1. The Labute approximate surface area is 195 Å². The van der Waals surface area contributed by atoms with E-state index in [0.717, 1.165) is 11.1 Å². The Morgan fingerprint density at radius 1 is 1.03 bits per heavy atom. The summed E-state index contributed by atoms with van der Waals surface area (Å²) in [6.07, 6.45) is 1.33. The largest absolute Gasteiger partial charge is 0.484 e. The minimum atomic E-state index is -1.84. The van der Waals surface area contributed by atoms with Crippen molar-refractivity contribution in [3.05, 3.63) is 95.5 Å². The summed E-state index contributed by atoms with van der Waals surface area (Å²) in [5.74, 6) is -1.46. The van der Waals surface area contributed by atoms with E-state index in [2.05, 4.69) is 20.1 Å². The number of carbonyl (C=O) groups excluding carboxylic acids is 2. The minimum Gasteiger partial charge on any atom is -0.484 e. The van der Waals surface area contributed by atoms with Crippen molar-refractivity contribution < 1.29 is 28.9 Å². The summed E-state index contributed by atoms with van der Waals surface area (Å²) in [5.41, 5.74) is -0.119. The van der Waals surface area contributed by atoms with Crippen molar-refractivity contribution in [1.82, 2.24) is 20.1 Å². The van der Waals surface area contributed by atoms with E-state index in [1.165, 1.54) is 18.1 Å². The third kappa shape index (κ3) is 5.24. The summed E-state index contributed by atoms with van der Waals surface area (Å²) in [6.45, 7) is 0.385. The molecule has 2 N–H and O–H groups in total. The van der Waals surface area contributed by atoms with Gasteiger partial charge in [0.25, 0.3) is 11.7 Å². The molecule has 0 bridgehead atoms. The molecule has 34 heavy (non-hydrogen) atoms. The number of ether oxygens (including phenoxy) is 3. The number of amides is 1. The summed E-state index contributed by atoms with van der Waals surface area (Å²) in [5, 5.41) is 17.9. The maximum absolute atomic E-state index is 12.7. The van der Waals surface area contributed by atoms with Crippen LogP contribution in [0.5, 0.6) is 0 Å². The standard InChI is InChI=1S/C24H24N4O6/c1-32-23(30)21-25-16-28(27-21)13-12-24(31)20(34-15-18-10-6-3-7-11-18)19(22(29)26-24)33-14-17-8-4-2-5-9-17/h2-11,16,31H,12-15H2,1H3,(H,26,29).